The van der Waals surface area contributed by atoms with E-state index in [1.165, 1.54) is 32.1 Å². The minimum Gasteiger partial charge on any atom is -0.494 e. The lowest BCUT2D eigenvalue weighted by Gasteiger charge is -2.07. The third-order valence-corrected chi connectivity index (χ3v) is 4.54. The van der Waals surface area contributed by atoms with Crippen LogP contribution in [0, 0.1) is 0 Å². The first-order valence-electron chi connectivity index (χ1n) is 9.97. The molecule has 0 radical (unpaired) electrons. The summed E-state index contributed by atoms with van der Waals surface area (Å²) in [5.41, 5.74) is 1.82. The van der Waals surface area contributed by atoms with Crippen molar-refractivity contribution in [3.05, 3.63) is 59.7 Å². The van der Waals surface area contributed by atoms with E-state index in [2.05, 4.69) is 0 Å². The Balaban J connectivity index is 1.39. The molecule has 0 aromatic heterocycles. The van der Waals surface area contributed by atoms with E-state index >= 15 is 0 Å². The van der Waals surface area contributed by atoms with Crippen LogP contribution in [0.1, 0.15) is 56.1 Å². The number of benzene rings is 2. The average molecular weight is 373 g/mol. The zero-order valence-corrected chi connectivity index (χ0v) is 16.1. The summed E-state index contributed by atoms with van der Waals surface area (Å²) in [6, 6.07) is 15.2. The van der Waals surface area contributed by atoms with Gasteiger partial charge in [0.05, 0.1) is 26.4 Å². The number of aliphatic hydroxyl groups is 2. The second kappa shape index (κ2) is 13.2. The summed E-state index contributed by atoms with van der Waals surface area (Å²) in [7, 11) is 0. The normalized spacial score (nSPS) is 10.7. The fraction of sp³-hybridized carbons (Fsp3) is 0.478. The first kappa shape index (κ1) is 21.3. The van der Waals surface area contributed by atoms with Crippen molar-refractivity contribution in [2.75, 3.05) is 13.2 Å². The van der Waals surface area contributed by atoms with Crippen LogP contribution in [0.2, 0.25) is 0 Å². The Morgan fingerprint density at radius 1 is 0.481 bits per heavy atom. The standard InChI is InChI=1S/C23H32O4/c24-18-20-8-12-22(13-9-20)26-16-6-4-2-1-3-5-7-17-27-23-14-10-21(19-25)11-15-23/h8-15,24-25H,1-7,16-19H2. The van der Waals surface area contributed by atoms with E-state index in [4.69, 9.17) is 19.7 Å². The molecule has 148 valence electrons. The predicted molar refractivity (Wildman–Crippen MR) is 108 cm³/mol. The number of hydrogen-bond donors (Lipinski definition) is 2. The Bertz CT molecular complexity index is 552. The van der Waals surface area contributed by atoms with Gasteiger partial charge in [-0.2, -0.15) is 0 Å². The molecule has 4 heteroatoms. The maximum absolute atomic E-state index is 9.01. The Labute approximate surface area is 162 Å². The molecule has 0 fully saturated rings. The molecule has 2 aromatic carbocycles. The fourth-order valence-electron chi connectivity index (χ4n) is 2.85. The number of hydrogen-bond acceptors (Lipinski definition) is 4. The summed E-state index contributed by atoms with van der Waals surface area (Å²) in [5, 5.41) is 18.0. The highest BCUT2D eigenvalue weighted by Gasteiger charge is 1.97. The summed E-state index contributed by atoms with van der Waals surface area (Å²) >= 11 is 0. The molecule has 2 aromatic rings. The van der Waals surface area contributed by atoms with E-state index in [1.54, 1.807) is 0 Å². The van der Waals surface area contributed by atoms with Crippen LogP contribution in [-0.4, -0.2) is 23.4 Å². The van der Waals surface area contributed by atoms with Gasteiger partial charge in [-0.3, -0.25) is 0 Å². The second-order valence-corrected chi connectivity index (χ2v) is 6.78. The average Bonchev–Trinajstić information content (AvgIpc) is 2.73. The molecular weight excluding hydrogens is 340 g/mol. The highest BCUT2D eigenvalue weighted by molar-refractivity contribution is 5.27. The van der Waals surface area contributed by atoms with Crippen molar-refractivity contribution in [1.29, 1.82) is 0 Å². The molecule has 0 saturated carbocycles. The van der Waals surface area contributed by atoms with Crippen molar-refractivity contribution in [1.82, 2.24) is 0 Å². The number of ether oxygens (including phenoxy) is 2. The van der Waals surface area contributed by atoms with Gasteiger partial charge in [-0.05, 0) is 48.2 Å². The molecule has 0 aliphatic heterocycles. The fourth-order valence-corrected chi connectivity index (χ4v) is 2.85. The Kier molecular flexibility index (Phi) is 10.4. The largest absolute Gasteiger partial charge is 0.494 e. The van der Waals surface area contributed by atoms with Gasteiger partial charge < -0.3 is 19.7 Å². The molecule has 0 heterocycles. The van der Waals surface area contributed by atoms with Crippen LogP contribution in [0.25, 0.3) is 0 Å². The van der Waals surface area contributed by atoms with Crippen molar-refractivity contribution in [3.8, 4) is 11.5 Å². The van der Waals surface area contributed by atoms with E-state index < -0.39 is 0 Å². The van der Waals surface area contributed by atoms with Gasteiger partial charge in [-0.25, -0.2) is 0 Å². The van der Waals surface area contributed by atoms with Gasteiger partial charge in [0.25, 0.3) is 0 Å². The minimum atomic E-state index is 0.0735. The van der Waals surface area contributed by atoms with E-state index in [0.29, 0.717) is 0 Å². The second-order valence-electron chi connectivity index (χ2n) is 6.78. The predicted octanol–water partition coefficient (Wildman–Crippen LogP) is 4.86. The highest BCUT2D eigenvalue weighted by Crippen LogP contribution is 2.15. The van der Waals surface area contributed by atoms with Crippen LogP contribution < -0.4 is 9.47 Å². The molecule has 0 amide bonds. The molecule has 0 aliphatic rings. The first-order valence-corrected chi connectivity index (χ1v) is 9.97. The molecule has 0 aliphatic carbocycles. The van der Waals surface area contributed by atoms with E-state index in [0.717, 1.165) is 48.7 Å². The molecule has 0 saturated heterocycles. The SMILES string of the molecule is OCc1ccc(OCCCCCCCCCOc2ccc(CO)cc2)cc1. The van der Waals surface area contributed by atoms with Gasteiger partial charge >= 0.3 is 0 Å². The molecular formula is C23H32O4. The van der Waals surface area contributed by atoms with Gasteiger partial charge in [0.15, 0.2) is 0 Å². The van der Waals surface area contributed by atoms with Crippen molar-refractivity contribution >= 4 is 0 Å². The number of aliphatic hydroxyl groups excluding tert-OH is 2. The summed E-state index contributed by atoms with van der Waals surface area (Å²) < 4.78 is 11.4. The highest BCUT2D eigenvalue weighted by atomic mass is 16.5. The van der Waals surface area contributed by atoms with Crippen LogP contribution in [-0.2, 0) is 13.2 Å². The smallest absolute Gasteiger partial charge is 0.119 e. The molecule has 2 rings (SSSR count). The van der Waals surface area contributed by atoms with Crippen LogP contribution in [0.3, 0.4) is 0 Å². The lowest BCUT2D eigenvalue weighted by atomic mass is 10.1. The van der Waals surface area contributed by atoms with Crippen molar-refractivity contribution in [2.24, 2.45) is 0 Å². The molecule has 0 bridgehead atoms. The zero-order valence-electron chi connectivity index (χ0n) is 16.1. The van der Waals surface area contributed by atoms with Gasteiger partial charge in [-0.15, -0.1) is 0 Å². The van der Waals surface area contributed by atoms with Crippen molar-refractivity contribution in [2.45, 2.75) is 58.2 Å². The molecule has 0 unspecified atom stereocenters. The van der Waals surface area contributed by atoms with Gasteiger partial charge in [0.2, 0.25) is 0 Å². The topological polar surface area (TPSA) is 58.9 Å². The summed E-state index contributed by atoms with van der Waals surface area (Å²) in [5.74, 6) is 1.75. The summed E-state index contributed by atoms with van der Waals surface area (Å²) in [6.07, 6.45) is 8.30. The molecule has 0 atom stereocenters. The van der Waals surface area contributed by atoms with Gasteiger partial charge in [-0.1, -0.05) is 56.4 Å². The van der Waals surface area contributed by atoms with Gasteiger partial charge in [0.1, 0.15) is 11.5 Å². The number of unbranched alkanes of at least 4 members (excludes halogenated alkanes) is 6. The monoisotopic (exact) mass is 372 g/mol. The first-order chi connectivity index (χ1) is 13.3. The zero-order chi connectivity index (χ0) is 19.2. The maximum Gasteiger partial charge on any atom is 0.119 e. The van der Waals surface area contributed by atoms with Crippen LogP contribution in [0.4, 0.5) is 0 Å². The molecule has 4 nitrogen and oxygen atoms in total. The number of rotatable bonds is 14. The maximum atomic E-state index is 9.01. The minimum absolute atomic E-state index is 0.0735. The Morgan fingerprint density at radius 3 is 1.15 bits per heavy atom. The van der Waals surface area contributed by atoms with Crippen LogP contribution >= 0.6 is 0 Å². The van der Waals surface area contributed by atoms with Crippen LogP contribution in [0.5, 0.6) is 11.5 Å². The third-order valence-electron chi connectivity index (χ3n) is 4.54. The van der Waals surface area contributed by atoms with E-state index in [1.807, 2.05) is 48.5 Å². The van der Waals surface area contributed by atoms with E-state index in [9.17, 15) is 0 Å². The van der Waals surface area contributed by atoms with Crippen molar-refractivity contribution < 1.29 is 19.7 Å². The molecule has 2 N–H and O–H groups in total. The van der Waals surface area contributed by atoms with E-state index in [-0.39, 0.29) is 13.2 Å². The van der Waals surface area contributed by atoms with Crippen molar-refractivity contribution in [3.63, 3.8) is 0 Å². The Hall–Kier alpha value is -2.04. The molecule has 27 heavy (non-hydrogen) atoms. The summed E-state index contributed by atoms with van der Waals surface area (Å²) in [6.45, 7) is 1.65. The Morgan fingerprint density at radius 2 is 0.815 bits per heavy atom. The summed E-state index contributed by atoms with van der Waals surface area (Å²) in [4.78, 5) is 0. The third kappa shape index (κ3) is 8.94. The van der Waals surface area contributed by atoms with Gasteiger partial charge in [0, 0.05) is 0 Å². The van der Waals surface area contributed by atoms with Crippen LogP contribution in [0.15, 0.2) is 48.5 Å². The lowest BCUT2D eigenvalue weighted by molar-refractivity contribution is 0.280. The lowest BCUT2D eigenvalue weighted by Crippen LogP contribution is -1.98. The molecule has 0 spiro atoms. The quantitative estimate of drug-likeness (QED) is 0.465.